The van der Waals surface area contributed by atoms with E-state index in [9.17, 15) is 31.9 Å². The molecule has 1 fully saturated rings. The number of hydrogen-bond donors (Lipinski definition) is 0. The molecule has 1 aliphatic carbocycles. The lowest BCUT2D eigenvalue weighted by atomic mass is 10.2. The summed E-state index contributed by atoms with van der Waals surface area (Å²) in [5.41, 5.74) is -5.00. The number of aromatic nitrogens is 2. The largest absolute Gasteiger partial charge is 0.431 e. The van der Waals surface area contributed by atoms with Crippen molar-refractivity contribution in [1.82, 2.24) is 9.13 Å². The summed E-state index contributed by atoms with van der Waals surface area (Å²) in [5, 5.41) is 3.28. The van der Waals surface area contributed by atoms with Crippen LogP contribution >= 0.6 is 11.6 Å². The molecule has 0 saturated heterocycles. The first-order chi connectivity index (χ1) is 13.9. The van der Waals surface area contributed by atoms with Gasteiger partial charge in [-0.05, 0) is 31.9 Å². The number of hydrogen-bond acceptors (Lipinski definition) is 5. The van der Waals surface area contributed by atoms with Crippen LogP contribution in [0.5, 0.6) is 0 Å². The summed E-state index contributed by atoms with van der Waals surface area (Å²) in [6, 6.07) is 1.54. The van der Waals surface area contributed by atoms with Gasteiger partial charge in [-0.1, -0.05) is 16.8 Å². The topological polar surface area (TPSA) is 82.7 Å². The Morgan fingerprint density at radius 3 is 2.43 bits per heavy atom. The van der Waals surface area contributed by atoms with E-state index in [2.05, 4.69) is 5.16 Å². The molecule has 0 spiro atoms. The fraction of sp³-hybridized carbons (Fsp3) is 0.333. The monoisotopic (exact) mass is 447 g/mol. The summed E-state index contributed by atoms with van der Waals surface area (Å²) in [5.74, 6) is -2.07. The Bertz CT molecular complexity index is 1180. The molecule has 1 aromatic carbocycles. The standard InChI is InChI=1S/C18H14ClF4N3O4/c1-8(9-3-4-9)24-30-16(28)10-5-13(12(20)6-11(10)19)26-15(27)7-14(18(21,22)23)25(2)17(26)29/h5-7,9H,3-4H2,1-2H3/b24-8+. The second kappa shape index (κ2) is 7.71. The zero-order chi connectivity index (χ0) is 22.4. The molecule has 1 saturated carbocycles. The first-order valence-electron chi connectivity index (χ1n) is 8.57. The van der Waals surface area contributed by atoms with Crippen LogP contribution in [0.25, 0.3) is 5.69 Å². The molecule has 0 atom stereocenters. The van der Waals surface area contributed by atoms with Crippen molar-refractivity contribution in [2.45, 2.75) is 25.9 Å². The normalized spacial score (nSPS) is 14.7. The Labute approximate surface area is 171 Å². The molecule has 12 heteroatoms. The van der Waals surface area contributed by atoms with Crippen molar-refractivity contribution in [3.8, 4) is 5.69 Å². The van der Waals surface area contributed by atoms with Crippen LogP contribution in [0.2, 0.25) is 5.02 Å². The fourth-order valence-electron chi connectivity index (χ4n) is 2.72. The Hall–Kier alpha value is -2.95. The van der Waals surface area contributed by atoms with E-state index in [1.165, 1.54) is 0 Å². The molecule has 0 radical (unpaired) electrons. The van der Waals surface area contributed by atoms with Gasteiger partial charge in [-0.25, -0.2) is 18.5 Å². The summed E-state index contributed by atoms with van der Waals surface area (Å²) < 4.78 is 53.7. The molecule has 30 heavy (non-hydrogen) atoms. The molecule has 0 N–H and O–H groups in total. The van der Waals surface area contributed by atoms with Gasteiger partial charge in [0.2, 0.25) is 0 Å². The predicted octanol–water partition coefficient (Wildman–Crippen LogP) is 3.29. The lowest BCUT2D eigenvalue weighted by molar-refractivity contribution is -0.144. The van der Waals surface area contributed by atoms with E-state index >= 15 is 0 Å². The molecule has 1 heterocycles. The number of benzene rings is 1. The molecule has 7 nitrogen and oxygen atoms in total. The minimum Gasteiger partial charge on any atom is -0.313 e. The SMILES string of the molecule is C/C(=N\OC(=O)c1cc(-n2c(=O)cc(C(F)(F)F)n(C)c2=O)c(F)cc1Cl)C1CC1. The Morgan fingerprint density at radius 2 is 1.87 bits per heavy atom. The van der Waals surface area contributed by atoms with E-state index in [1.807, 2.05) is 0 Å². The van der Waals surface area contributed by atoms with Crippen LogP contribution in [0.15, 0.2) is 32.9 Å². The van der Waals surface area contributed by atoms with Gasteiger partial charge in [0.1, 0.15) is 11.5 Å². The maximum absolute atomic E-state index is 14.4. The third-order valence-corrected chi connectivity index (χ3v) is 4.86. The van der Waals surface area contributed by atoms with Crippen molar-refractivity contribution < 1.29 is 27.2 Å². The third-order valence-electron chi connectivity index (χ3n) is 4.55. The second-order valence-electron chi connectivity index (χ2n) is 6.71. The van der Waals surface area contributed by atoms with Crippen LogP contribution in [0.1, 0.15) is 35.8 Å². The highest BCUT2D eigenvalue weighted by atomic mass is 35.5. The van der Waals surface area contributed by atoms with Gasteiger partial charge in [-0.2, -0.15) is 13.2 Å². The maximum Gasteiger partial charge on any atom is 0.431 e. The van der Waals surface area contributed by atoms with Gasteiger partial charge in [0, 0.05) is 19.0 Å². The lowest BCUT2D eigenvalue weighted by Gasteiger charge is -2.15. The number of nitrogens with zero attached hydrogens (tertiary/aromatic N) is 3. The molecule has 160 valence electrons. The molecule has 0 aliphatic heterocycles. The van der Waals surface area contributed by atoms with Crippen molar-refractivity contribution in [1.29, 1.82) is 0 Å². The van der Waals surface area contributed by atoms with Crippen molar-refractivity contribution in [3.05, 3.63) is 61.1 Å². The average Bonchev–Trinajstić information content (AvgIpc) is 3.48. The van der Waals surface area contributed by atoms with E-state index in [0.29, 0.717) is 11.8 Å². The van der Waals surface area contributed by atoms with Gasteiger partial charge in [0.25, 0.3) is 5.56 Å². The quantitative estimate of drug-likeness (QED) is 0.312. The van der Waals surface area contributed by atoms with Crippen LogP contribution in [0, 0.1) is 11.7 Å². The highest BCUT2D eigenvalue weighted by Gasteiger charge is 2.35. The van der Waals surface area contributed by atoms with E-state index in [-0.39, 0.29) is 21.1 Å². The minimum absolute atomic E-state index is 0.150. The van der Waals surface area contributed by atoms with Crippen LogP contribution in [0.3, 0.4) is 0 Å². The maximum atomic E-state index is 14.4. The number of carbonyl (C=O) groups excluding carboxylic acids is 1. The smallest absolute Gasteiger partial charge is 0.313 e. The van der Waals surface area contributed by atoms with Gasteiger partial charge in [0.05, 0.1) is 22.0 Å². The zero-order valence-electron chi connectivity index (χ0n) is 15.6. The van der Waals surface area contributed by atoms with E-state index in [1.54, 1.807) is 6.92 Å². The molecule has 0 bridgehead atoms. The van der Waals surface area contributed by atoms with Gasteiger partial charge >= 0.3 is 17.8 Å². The molecule has 2 aromatic rings. The van der Waals surface area contributed by atoms with Gasteiger partial charge in [0.15, 0.2) is 0 Å². The van der Waals surface area contributed by atoms with Crippen molar-refractivity contribution >= 4 is 23.3 Å². The molecule has 0 amide bonds. The molecule has 0 unspecified atom stereocenters. The number of carbonyl (C=O) groups is 1. The van der Waals surface area contributed by atoms with Crippen molar-refractivity contribution in [2.24, 2.45) is 18.1 Å². The van der Waals surface area contributed by atoms with Gasteiger partial charge in [-0.15, -0.1) is 0 Å². The summed E-state index contributed by atoms with van der Waals surface area (Å²) in [6.45, 7) is 1.66. The first-order valence-corrected chi connectivity index (χ1v) is 8.95. The molecular formula is C18H14ClF4N3O4. The van der Waals surface area contributed by atoms with Crippen molar-refractivity contribution in [2.75, 3.05) is 0 Å². The Morgan fingerprint density at radius 1 is 1.23 bits per heavy atom. The summed E-state index contributed by atoms with van der Waals surface area (Å²) in [7, 11) is 0.777. The Balaban J connectivity index is 2.10. The number of rotatable bonds is 4. The summed E-state index contributed by atoms with van der Waals surface area (Å²) in [4.78, 5) is 41.6. The van der Waals surface area contributed by atoms with Gasteiger partial charge in [-0.3, -0.25) is 9.36 Å². The summed E-state index contributed by atoms with van der Waals surface area (Å²) >= 11 is 5.86. The minimum atomic E-state index is -4.98. The Kier molecular flexibility index (Phi) is 5.59. The number of alkyl halides is 3. The first kappa shape index (κ1) is 21.8. The second-order valence-corrected chi connectivity index (χ2v) is 7.12. The third kappa shape index (κ3) is 4.16. The summed E-state index contributed by atoms with van der Waals surface area (Å²) in [6.07, 6.45) is -3.15. The van der Waals surface area contributed by atoms with Crippen LogP contribution in [0.4, 0.5) is 17.6 Å². The molecular weight excluding hydrogens is 434 g/mol. The van der Waals surface area contributed by atoms with E-state index in [0.717, 1.165) is 26.0 Å². The average molecular weight is 448 g/mol. The highest BCUT2D eigenvalue weighted by molar-refractivity contribution is 6.33. The van der Waals surface area contributed by atoms with Crippen LogP contribution in [-0.4, -0.2) is 20.8 Å². The van der Waals surface area contributed by atoms with Crippen LogP contribution in [-0.2, 0) is 18.1 Å². The van der Waals surface area contributed by atoms with Crippen LogP contribution < -0.4 is 11.2 Å². The van der Waals surface area contributed by atoms with E-state index in [4.69, 9.17) is 16.4 Å². The molecule has 3 rings (SSSR count). The van der Waals surface area contributed by atoms with Gasteiger partial charge < -0.3 is 4.84 Å². The number of halogens is 5. The molecule has 1 aliphatic rings. The van der Waals surface area contributed by atoms with Crippen molar-refractivity contribution in [3.63, 3.8) is 0 Å². The number of oxime groups is 1. The fourth-order valence-corrected chi connectivity index (χ4v) is 2.95. The van der Waals surface area contributed by atoms with E-state index < -0.39 is 51.2 Å². The predicted molar refractivity (Wildman–Crippen MR) is 98.5 cm³/mol. The molecule has 1 aromatic heterocycles. The lowest BCUT2D eigenvalue weighted by Crippen LogP contribution is -2.41. The zero-order valence-corrected chi connectivity index (χ0v) is 16.3. The highest BCUT2D eigenvalue weighted by Crippen LogP contribution is 2.31.